The number of halogens is 1. The van der Waals surface area contributed by atoms with Crippen LogP contribution in [0.5, 0.6) is 0 Å². The first kappa shape index (κ1) is 13.3. The number of nitrogens with two attached hydrogens (primary N) is 1. The fourth-order valence-corrected chi connectivity index (χ4v) is 1.71. The lowest BCUT2D eigenvalue weighted by atomic mass is 10.1. The van der Waals surface area contributed by atoms with Crippen molar-refractivity contribution in [2.75, 3.05) is 11.1 Å². The van der Waals surface area contributed by atoms with Crippen LogP contribution in [0.2, 0.25) is 0 Å². The molecule has 0 aliphatic carbocycles. The van der Waals surface area contributed by atoms with Crippen molar-refractivity contribution in [3.8, 4) is 6.07 Å². The Kier molecular flexibility index (Phi) is 3.48. The Hall–Kier alpha value is -3.14. The Bertz CT molecular complexity index is 725. The Morgan fingerprint density at radius 3 is 2.75 bits per heavy atom. The lowest BCUT2D eigenvalue weighted by Gasteiger charge is -2.09. The van der Waals surface area contributed by atoms with E-state index in [9.17, 15) is 14.5 Å². The van der Waals surface area contributed by atoms with Crippen LogP contribution in [-0.2, 0) is 0 Å². The van der Waals surface area contributed by atoms with Crippen molar-refractivity contribution in [2.45, 2.75) is 0 Å². The second-order valence-corrected chi connectivity index (χ2v) is 3.97. The zero-order chi connectivity index (χ0) is 14.7. The molecule has 7 heteroatoms. The minimum Gasteiger partial charge on any atom is -0.398 e. The van der Waals surface area contributed by atoms with E-state index in [-0.39, 0.29) is 22.6 Å². The fraction of sp³-hybridized carbons (Fsp3) is 0. The summed E-state index contributed by atoms with van der Waals surface area (Å²) in [6, 6.07) is 9.74. The Morgan fingerprint density at radius 2 is 2.10 bits per heavy atom. The fourth-order valence-electron chi connectivity index (χ4n) is 1.71. The molecule has 0 saturated heterocycles. The van der Waals surface area contributed by atoms with E-state index >= 15 is 0 Å². The van der Waals surface area contributed by atoms with E-state index in [0.717, 1.165) is 6.07 Å². The van der Waals surface area contributed by atoms with Gasteiger partial charge >= 0.3 is 0 Å². The molecule has 0 spiro atoms. The summed E-state index contributed by atoms with van der Waals surface area (Å²) in [7, 11) is 0. The van der Waals surface area contributed by atoms with Gasteiger partial charge in [0.2, 0.25) is 0 Å². The van der Waals surface area contributed by atoms with Gasteiger partial charge in [0.05, 0.1) is 10.6 Å². The first-order valence-electron chi connectivity index (χ1n) is 5.52. The number of anilines is 3. The van der Waals surface area contributed by atoms with E-state index in [1.165, 1.54) is 30.3 Å². The molecule has 0 atom stereocenters. The predicted molar refractivity (Wildman–Crippen MR) is 71.9 cm³/mol. The number of nitro groups is 1. The quantitative estimate of drug-likeness (QED) is 0.507. The summed E-state index contributed by atoms with van der Waals surface area (Å²) in [6.07, 6.45) is 0. The highest BCUT2D eigenvalue weighted by atomic mass is 19.1. The number of nitrogens with one attached hydrogen (secondary N) is 1. The lowest BCUT2D eigenvalue weighted by molar-refractivity contribution is -0.384. The highest BCUT2D eigenvalue weighted by molar-refractivity contribution is 5.71. The monoisotopic (exact) mass is 272 g/mol. The highest BCUT2D eigenvalue weighted by Gasteiger charge is 2.11. The third-order valence-electron chi connectivity index (χ3n) is 2.56. The number of hydrogen-bond acceptors (Lipinski definition) is 5. The van der Waals surface area contributed by atoms with Gasteiger partial charge in [0.25, 0.3) is 5.69 Å². The number of nitriles is 1. The second-order valence-electron chi connectivity index (χ2n) is 3.97. The van der Waals surface area contributed by atoms with Gasteiger partial charge in [-0.2, -0.15) is 5.26 Å². The van der Waals surface area contributed by atoms with Crippen LogP contribution in [0.15, 0.2) is 36.4 Å². The maximum Gasteiger partial charge on any atom is 0.273 e. The zero-order valence-corrected chi connectivity index (χ0v) is 10.1. The van der Waals surface area contributed by atoms with Crippen molar-refractivity contribution < 1.29 is 9.31 Å². The summed E-state index contributed by atoms with van der Waals surface area (Å²) in [5.41, 5.74) is 5.92. The first-order valence-corrected chi connectivity index (χ1v) is 5.52. The van der Waals surface area contributed by atoms with Crippen LogP contribution in [0.1, 0.15) is 5.56 Å². The number of nitro benzene ring substituents is 1. The van der Waals surface area contributed by atoms with Crippen molar-refractivity contribution in [1.82, 2.24) is 0 Å². The maximum absolute atomic E-state index is 13.4. The van der Waals surface area contributed by atoms with Gasteiger partial charge in [-0.3, -0.25) is 10.1 Å². The molecule has 0 aromatic heterocycles. The van der Waals surface area contributed by atoms with E-state index in [2.05, 4.69) is 5.32 Å². The van der Waals surface area contributed by atoms with Gasteiger partial charge in [0.1, 0.15) is 17.4 Å². The molecule has 0 heterocycles. The van der Waals surface area contributed by atoms with Gasteiger partial charge in [-0.1, -0.05) is 6.07 Å². The number of nitrogen functional groups attached to an aromatic ring is 1. The molecule has 0 fully saturated rings. The van der Waals surface area contributed by atoms with E-state index in [0.29, 0.717) is 5.69 Å². The van der Waals surface area contributed by atoms with E-state index < -0.39 is 10.7 Å². The minimum absolute atomic E-state index is 0.169. The topological polar surface area (TPSA) is 105 Å². The van der Waals surface area contributed by atoms with Crippen molar-refractivity contribution in [2.24, 2.45) is 0 Å². The standard InChI is InChI=1S/C13H9FN4O2/c14-12-2-1-3-13(11(12)7-15)17-9-4-8(16)5-10(6-9)18(19)20/h1-6,17H,16H2. The molecule has 0 radical (unpaired) electrons. The third-order valence-corrected chi connectivity index (χ3v) is 2.56. The molecule has 0 aliphatic rings. The molecule has 20 heavy (non-hydrogen) atoms. The predicted octanol–water partition coefficient (Wildman–Crippen LogP) is 2.93. The lowest BCUT2D eigenvalue weighted by Crippen LogP contribution is -1.98. The Balaban J connectivity index is 2.43. The molecular formula is C13H9FN4O2. The number of nitrogens with zero attached hydrogens (tertiary/aromatic N) is 2. The summed E-state index contributed by atoms with van der Waals surface area (Å²) in [4.78, 5) is 10.2. The van der Waals surface area contributed by atoms with Crippen LogP contribution >= 0.6 is 0 Å². The summed E-state index contributed by atoms with van der Waals surface area (Å²) < 4.78 is 13.4. The largest absolute Gasteiger partial charge is 0.398 e. The van der Waals surface area contributed by atoms with Crippen LogP contribution in [0.3, 0.4) is 0 Å². The summed E-state index contributed by atoms with van der Waals surface area (Å²) in [5, 5.41) is 22.4. The molecule has 100 valence electrons. The normalized spacial score (nSPS) is 9.80. The van der Waals surface area contributed by atoms with Crippen molar-refractivity contribution in [3.63, 3.8) is 0 Å². The number of hydrogen-bond donors (Lipinski definition) is 2. The van der Waals surface area contributed by atoms with Crippen LogP contribution in [-0.4, -0.2) is 4.92 Å². The maximum atomic E-state index is 13.4. The molecule has 0 bridgehead atoms. The van der Waals surface area contributed by atoms with Crippen molar-refractivity contribution in [1.29, 1.82) is 5.26 Å². The first-order chi connectivity index (χ1) is 9.51. The second kappa shape index (κ2) is 5.24. The Labute approximate surface area is 113 Å². The number of non-ortho nitro benzene ring substituents is 1. The molecule has 3 N–H and O–H groups in total. The smallest absolute Gasteiger partial charge is 0.273 e. The number of benzene rings is 2. The molecule has 0 saturated carbocycles. The molecule has 2 rings (SSSR count). The van der Waals surface area contributed by atoms with Gasteiger partial charge < -0.3 is 11.1 Å². The molecule has 2 aromatic rings. The Morgan fingerprint density at radius 1 is 1.35 bits per heavy atom. The molecule has 6 nitrogen and oxygen atoms in total. The van der Waals surface area contributed by atoms with Crippen molar-refractivity contribution >= 4 is 22.7 Å². The van der Waals surface area contributed by atoms with E-state index in [1.807, 2.05) is 0 Å². The van der Waals surface area contributed by atoms with Gasteiger partial charge in [-0.15, -0.1) is 0 Å². The third kappa shape index (κ3) is 2.64. The molecule has 0 aliphatic heterocycles. The van der Waals surface area contributed by atoms with Gasteiger partial charge in [0.15, 0.2) is 0 Å². The summed E-state index contributed by atoms with van der Waals surface area (Å²) >= 11 is 0. The minimum atomic E-state index is -0.670. The zero-order valence-electron chi connectivity index (χ0n) is 10.1. The van der Waals surface area contributed by atoms with E-state index in [4.69, 9.17) is 11.0 Å². The van der Waals surface area contributed by atoms with E-state index in [1.54, 1.807) is 6.07 Å². The van der Waals surface area contributed by atoms with Crippen LogP contribution in [0, 0.1) is 27.3 Å². The van der Waals surface area contributed by atoms with Crippen LogP contribution in [0.4, 0.5) is 27.1 Å². The summed E-state index contributed by atoms with van der Waals surface area (Å²) in [5.74, 6) is -0.670. The van der Waals surface area contributed by atoms with Gasteiger partial charge in [-0.25, -0.2) is 4.39 Å². The van der Waals surface area contributed by atoms with Crippen molar-refractivity contribution in [3.05, 3.63) is 57.9 Å². The van der Waals surface area contributed by atoms with Crippen LogP contribution < -0.4 is 11.1 Å². The average Bonchev–Trinajstić information content (AvgIpc) is 2.38. The number of rotatable bonds is 3. The SMILES string of the molecule is N#Cc1c(F)cccc1Nc1cc(N)cc([N+](=O)[O-])c1. The molecule has 0 amide bonds. The molecular weight excluding hydrogens is 263 g/mol. The van der Waals surface area contributed by atoms with Crippen LogP contribution in [0.25, 0.3) is 0 Å². The molecule has 2 aromatic carbocycles. The van der Waals surface area contributed by atoms with Gasteiger partial charge in [-0.05, 0) is 18.2 Å². The van der Waals surface area contributed by atoms with Gasteiger partial charge in [0, 0.05) is 23.5 Å². The average molecular weight is 272 g/mol. The molecule has 0 unspecified atom stereocenters. The highest BCUT2D eigenvalue weighted by Crippen LogP contribution is 2.27. The summed E-state index contributed by atoms with van der Waals surface area (Å²) in [6.45, 7) is 0.